The van der Waals surface area contributed by atoms with Gasteiger partial charge in [-0.2, -0.15) is 0 Å². The molecule has 24 heavy (non-hydrogen) atoms. The van der Waals surface area contributed by atoms with Crippen LogP contribution in [-0.4, -0.2) is 20.0 Å². The zero-order valence-electron chi connectivity index (χ0n) is 13.4. The van der Waals surface area contributed by atoms with Crippen LogP contribution < -0.4 is 10.5 Å². The summed E-state index contributed by atoms with van der Waals surface area (Å²) in [4.78, 5) is 0.178. The Morgan fingerprint density at radius 2 is 1.83 bits per heavy atom. The first-order chi connectivity index (χ1) is 11.4. The summed E-state index contributed by atoms with van der Waals surface area (Å²) in [5.41, 5.74) is 9.11. The number of benzene rings is 2. The van der Waals surface area contributed by atoms with E-state index < -0.39 is 10.0 Å². The zero-order chi connectivity index (χ0) is 17.5. The summed E-state index contributed by atoms with van der Waals surface area (Å²) in [5.74, 6) is -0.343. The number of hydrogen-bond donors (Lipinski definition) is 2. The molecule has 1 aromatic heterocycles. The van der Waals surface area contributed by atoms with Gasteiger partial charge in [-0.3, -0.25) is 0 Å². The van der Waals surface area contributed by atoms with Crippen LogP contribution in [0.5, 0.6) is 0 Å². The van der Waals surface area contributed by atoms with Crippen molar-refractivity contribution in [2.24, 2.45) is 0 Å². The van der Waals surface area contributed by atoms with Gasteiger partial charge in [0, 0.05) is 17.5 Å². The molecule has 2 aromatic carbocycles. The lowest BCUT2D eigenvalue weighted by atomic mass is 10.1. The molecule has 0 unspecified atom stereocenters. The van der Waals surface area contributed by atoms with Gasteiger partial charge >= 0.3 is 0 Å². The third-order valence-corrected chi connectivity index (χ3v) is 5.52. The Bertz CT molecular complexity index is 1010. The topological polar surface area (TPSA) is 77.1 Å². The third-order valence-electron chi connectivity index (χ3n) is 4.09. The molecule has 5 nitrogen and oxygen atoms in total. The van der Waals surface area contributed by atoms with Gasteiger partial charge in [-0.05, 0) is 44.3 Å². The number of nitrogens with one attached hydrogen (secondary N) is 1. The minimum Gasteiger partial charge on any atom is -0.396 e. The van der Waals surface area contributed by atoms with Gasteiger partial charge in [0.05, 0.1) is 21.8 Å². The summed E-state index contributed by atoms with van der Waals surface area (Å²) in [6.45, 7) is 2.64. The highest BCUT2D eigenvalue weighted by molar-refractivity contribution is 7.89. The lowest BCUT2D eigenvalue weighted by Gasteiger charge is -2.10. The molecule has 0 aliphatic carbocycles. The minimum absolute atomic E-state index is 0.178. The number of hydrogen-bond acceptors (Lipinski definition) is 3. The Morgan fingerprint density at radius 3 is 2.42 bits per heavy atom. The second-order valence-electron chi connectivity index (χ2n) is 5.40. The standard InChI is InChI=1S/C17H18FN3O2S/c1-3-21-15-9-6-12(18)10-14(15)16(19)17(21)11-4-7-13(8-5-11)24(22,23)20-2/h4-10,20H,3,19H2,1-2H3. The van der Waals surface area contributed by atoms with E-state index in [2.05, 4.69) is 4.72 Å². The summed E-state index contributed by atoms with van der Waals surface area (Å²) in [6.07, 6.45) is 0. The number of aryl methyl sites for hydroxylation is 1. The number of aromatic nitrogens is 1. The predicted molar refractivity (Wildman–Crippen MR) is 93.7 cm³/mol. The summed E-state index contributed by atoms with van der Waals surface area (Å²) in [6, 6.07) is 11.0. The number of halogens is 1. The molecule has 0 aliphatic rings. The van der Waals surface area contributed by atoms with E-state index in [-0.39, 0.29) is 10.7 Å². The van der Waals surface area contributed by atoms with Gasteiger partial charge in [0.25, 0.3) is 0 Å². The predicted octanol–water partition coefficient (Wildman–Crippen LogP) is 2.96. The maximum Gasteiger partial charge on any atom is 0.240 e. The van der Waals surface area contributed by atoms with Gasteiger partial charge < -0.3 is 10.3 Å². The van der Waals surface area contributed by atoms with E-state index in [4.69, 9.17) is 5.73 Å². The summed E-state index contributed by atoms with van der Waals surface area (Å²) >= 11 is 0. The van der Waals surface area contributed by atoms with E-state index in [1.807, 2.05) is 11.5 Å². The Hall–Kier alpha value is -2.38. The van der Waals surface area contributed by atoms with Gasteiger partial charge in [0.1, 0.15) is 5.82 Å². The minimum atomic E-state index is -3.49. The van der Waals surface area contributed by atoms with E-state index in [0.29, 0.717) is 17.6 Å². The monoisotopic (exact) mass is 347 g/mol. The van der Waals surface area contributed by atoms with E-state index in [1.54, 1.807) is 18.2 Å². The summed E-state index contributed by atoms with van der Waals surface area (Å²) in [5, 5.41) is 0.652. The number of rotatable bonds is 4. The zero-order valence-corrected chi connectivity index (χ0v) is 14.2. The van der Waals surface area contributed by atoms with Crippen molar-refractivity contribution in [2.75, 3.05) is 12.8 Å². The van der Waals surface area contributed by atoms with E-state index >= 15 is 0 Å². The summed E-state index contributed by atoms with van der Waals surface area (Å²) in [7, 11) is -2.13. The first-order valence-electron chi connectivity index (χ1n) is 7.50. The normalized spacial score (nSPS) is 12.0. The molecular formula is C17H18FN3O2S. The fourth-order valence-electron chi connectivity index (χ4n) is 2.90. The van der Waals surface area contributed by atoms with Crippen molar-refractivity contribution >= 4 is 26.6 Å². The molecule has 0 aliphatic heterocycles. The second kappa shape index (κ2) is 5.92. The molecule has 7 heteroatoms. The SMILES string of the molecule is CCn1c(-c2ccc(S(=O)(=O)NC)cc2)c(N)c2cc(F)ccc21. The maximum atomic E-state index is 13.5. The van der Waals surface area contributed by atoms with E-state index in [9.17, 15) is 12.8 Å². The molecule has 0 amide bonds. The van der Waals surface area contributed by atoms with Gasteiger partial charge in [0.2, 0.25) is 10.0 Å². The van der Waals surface area contributed by atoms with Crippen molar-refractivity contribution in [3.63, 3.8) is 0 Å². The Labute approximate surface area is 140 Å². The van der Waals surface area contributed by atoms with Crippen LogP contribution in [0.4, 0.5) is 10.1 Å². The number of fused-ring (bicyclic) bond motifs is 1. The van der Waals surface area contributed by atoms with Crippen molar-refractivity contribution in [3.05, 3.63) is 48.3 Å². The van der Waals surface area contributed by atoms with Crippen LogP contribution in [0, 0.1) is 5.82 Å². The van der Waals surface area contributed by atoms with Crippen LogP contribution >= 0.6 is 0 Å². The molecule has 3 N–H and O–H groups in total. The van der Waals surface area contributed by atoms with Crippen LogP contribution in [0.15, 0.2) is 47.4 Å². The Morgan fingerprint density at radius 1 is 1.17 bits per heavy atom. The molecule has 0 saturated carbocycles. The van der Waals surface area contributed by atoms with Gasteiger partial charge in [0.15, 0.2) is 0 Å². The van der Waals surface area contributed by atoms with Gasteiger partial charge in [-0.25, -0.2) is 17.5 Å². The van der Waals surface area contributed by atoms with Crippen molar-refractivity contribution in [3.8, 4) is 11.3 Å². The fourth-order valence-corrected chi connectivity index (χ4v) is 3.63. The van der Waals surface area contributed by atoms with Gasteiger partial charge in [-0.15, -0.1) is 0 Å². The number of anilines is 1. The van der Waals surface area contributed by atoms with Crippen LogP contribution in [0.25, 0.3) is 22.2 Å². The average Bonchev–Trinajstić information content (AvgIpc) is 2.86. The average molecular weight is 347 g/mol. The van der Waals surface area contributed by atoms with Crippen LogP contribution in [0.1, 0.15) is 6.92 Å². The molecule has 126 valence electrons. The van der Waals surface area contributed by atoms with Crippen LogP contribution in [-0.2, 0) is 16.6 Å². The van der Waals surface area contributed by atoms with Crippen LogP contribution in [0.2, 0.25) is 0 Å². The molecule has 0 radical (unpaired) electrons. The smallest absolute Gasteiger partial charge is 0.240 e. The van der Waals surface area contributed by atoms with Crippen molar-refractivity contribution in [2.45, 2.75) is 18.4 Å². The van der Waals surface area contributed by atoms with Crippen molar-refractivity contribution in [1.29, 1.82) is 0 Å². The largest absolute Gasteiger partial charge is 0.396 e. The molecule has 0 spiro atoms. The van der Waals surface area contributed by atoms with Crippen molar-refractivity contribution < 1.29 is 12.8 Å². The number of sulfonamides is 1. The highest BCUT2D eigenvalue weighted by Gasteiger charge is 2.17. The highest BCUT2D eigenvalue weighted by atomic mass is 32.2. The molecule has 3 rings (SSSR count). The first kappa shape index (κ1) is 16.5. The molecule has 3 aromatic rings. The molecule has 0 atom stereocenters. The lowest BCUT2D eigenvalue weighted by Crippen LogP contribution is -2.18. The molecule has 1 heterocycles. The molecular weight excluding hydrogens is 329 g/mol. The summed E-state index contributed by atoms with van der Waals surface area (Å²) < 4.78 is 41.5. The Balaban J connectivity index is 2.21. The van der Waals surface area contributed by atoms with E-state index in [0.717, 1.165) is 16.8 Å². The molecule has 0 bridgehead atoms. The number of nitrogens with two attached hydrogens (primary N) is 1. The highest BCUT2D eigenvalue weighted by Crippen LogP contribution is 2.36. The fraction of sp³-hybridized carbons (Fsp3) is 0.176. The third kappa shape index (κ3) is 2.55. The first-order valence-corrected chi connectivity index (χ1v) is 8.98. The number of nitrogen functional groups attached to an aromatic ring is 1. The second-order valence-corrected chi connectivity index (χ2v) is 7.29. The van der Waals surface area contributed by atoms with E-state index in [1.165, 1.54) is 31.3 Å². The molecule has 0 fully saturated rings. The quantitative estimate of drug-likeness (QED) is 0.762. The lowest BCUT2D eigenvalue weighted by molar-refractivity contribution is 0.588. The number of nitrogens with zero attached hydrogens (tertiary/aromatic N) is 1. The maximum absolute atomic E-state index is 13.5. The molecule has 0 saturated heterocycles. The Kier molecular flexibility index (Phi) is 4.06. The van der Waals surface area contributed by atoms with Gasteiger partial charge in [-0.1, -0.05) is 12.1 Å². The van der Waals surface area contributed by atoms with Crippen molar-refractivity contribution in [1.82, 2.24) is 9.29 Å². The van der Waals surface area contributed by atoms with Crippen LogP contribution in [0.3, 0.4) is 0 Å².